The molecule has 0 aliphatic rings. The van der Waals surface area contributed by atoms with Gasteiger partial charge in [0.25, 0.3) is 5.97 Å². The third-order valence-corrected chi connectivity index (χ3v) is 6.59. The van der Waals surface area contributed by atoms with E-state index in [4.69, 9.17) is 21.3 Å². The Bertz CT molecular complexity index is 731. The Hall–Kier alpha value is -1.30. The zero-order valence-electron chi connectivity index (χ0n) is 21.0. The van der Waals surface area contributed by atoms with Crippen LogP contribution in [0.3, 0.4) is 0 Å². The van der Waals surface area contributed by atoms with Crippen molar-refractivity contribution in [3.63, 3.8) is 0 Å². The Morgan fingerprint density at radius 3 is 2.03 bits per heavy atom. The summed E-state index contributed by atoms with van der Waals surface area (Å²) in [5.41, 5.74) is 12.0. The summed E-state index contributed by atoms with van der Waals surface area (Å²) >= 11 is 0. The van der Waals surface area contributed by atoms with E-state index >= 15 is 0 Å². The van der Waals surface area contributed by atoms with E-state index in [0.717, 1.165) is 38.5 Å². The van der Waals surface area contributed by atoms with E-state index in [2.05, 4.69) is 57.0 Å². The predicted molar refractivity (Wildman–Crippen MR) is 139 cm³/mol. The number of aliphatic hydroxyl groups is 1. The van der Waals surface area contributed by atoms with E-state index in [1.807, 2.05) is 0 Å². The van der Waals surface area contributed by atoms with Crippen molar-refractivity contribution in [2.45, 2.75) is 78.1 Å². The SMILES string of the molecule is C=C(/N=C(\N=C(/N)NCCCC(O)(O[PH](=O)O)O[PH](=O)O)NCCCCCCN)C(C)(CC)CC. The number of allylic oxidation sites excluding steroid dienone is 1. The van der Waals surface area contributed by atoms with E-state index in [1.54, 1.807) is 0 Å². The van der Waals surface area contributed by atoms with Crippen LogP contribution in [0.25, 0.3) is 0 Å². The smallest absolute Gasteiger partial charge is 0.320 e. The van der Waals surface area contributed by atoms with Crippen molar-refractivity contribution in [3.05, 3.63) is 12.3 Å². The number of hydrogen-bond donors (Lipinski definition) is 7. The maximum Gasteiger partial charge on any atom is 0.320 e. The number of nitrogens with zero attached hydrogens (tertiary/aromatic N) is 2. The second-order valence-electron chi connectivity index (χ2n) is 8.26. The Labute approximate surface area is 209 Å². The van der Waals surface area contributed by atoms with Crippen LogP contribution in [-0.4, -0.2) is 52.4 Å². The van der Waals surface area contributed by atoms with Crippen LogP contribution >= 0.6 is 16.5 Å². The minimum absolute atomic E-state index is 0.0405. The molecule has 0 spiro atoms. The van der Waals surface area contributed by atoms with Crippen LogP contribution in [0.15, 0.2) is 22.3 Å². The molecule has 0 aliphatic carbocycles. The van der Waals surface area contributed by atoms with Crippen molar-refractivity contribution in [2.75, 3.05) is 19.6 Å². The van der Waals surface area contributed by atoms with Gasteiger partial charge >= 0.3 is 16.5 Å². The van der Waals surface area contributed by atoms with Gasteiger partial charge in [0.1, 0.15) is 0 Å². The molecule has 0 heterocycles. The number of guanidine groups is 2. The van der Waals surface area contributed by atoms with Crippen molar-refractivity contribution < 1.29 is 33.1 Å². The molecule has 35 heavy (non-hydrogen) atoms. The summed E-state index contributed by atoms with van der Waals surface area (Å²) in [5.74, 6) is -2.31. The molecule has 0 aromatic rings. The molecule has 206 valence electrons. The lowest BCUT2D eigenvalue weighted by atomic mass is 9.82. The van der Waals surface area contributed by atoms with Gasteiger partial charge in [-0.25, -0.2) is 4.99 Å². The largest absolute Gasteiger partial charge is 0.370 e. The lowest BCUT2D eigenvalue weighted by Gasteiger charge is -2.26. The first-order valence-corrected chi connectivity index (χ1v) is 14.3. The van der Waals surface area contributed by atoms with Gasteiger partial charge in [-0.1, -0.05) is 40.2 Å². The number of unbranched alkanes of at least 4 members (excludes halogenated alkanes) is 3. The van der Waals surface area contributed by atoms with Gasteiger partial charge in [0, 0.05) is 30.6 Å². The number of nitrogens with two attached hydrogens (primary N) is 2. The van der Waals surface area contributed by atoms with E-state index < -0.39 is 22.5 Å². The predicted octanol–water partition coefficient (Wildman–Crippen LogP) is 1.92. The lowest BCUT2D eigenvalue weighted by molar-refractivity contribution is -0.277. The van der Waals surface area contributed by atoms with Crippen molar-refractivity contribution in [1.82, 2.24) is 10.6 Å². The zero-order valence-corrected chi connectivity index (χ0v) is 23.0. The molecule has 0 saturated heterocycles. The summed E-state index contributed by atoms with van der Waals surface area (Å²) in [6.45, 7) is 11.8. The maximum absolute atomic E-state index is 10.9. The minimum Gasteiger partial charge on any atom is -0.370 e. The van der Waals surface area contributed by atoms with Gasteiger partial charge in [-0.15, -0.1) is 0 Å². The number of aliphatic imine (C=N–C) groups is 2. The highest BCUT2D eigenvalue weighted by molar-refractivity contribution is 7.33. The molecule has 0 aromatic carbocycles. The molecule has 0 rings (SSSR count). The van der Waals surface area contributed by atoms with Crippen LogP contribution in [0.5, 0.6) is 0 Å². The lowest BCUT2D eigenvalue weighted by Crippen LogP contribution is -2.37. The standard InChI is InChI=1S/C20H44N6O7P2/c1-5-19(4,6-2)16(3)25-18(24-14-10-8-7-9-13-21)26-17(22)23-15-11-12-20(27,32-34(28)29)33-35(30)31/h27,34-35H,3,5-15,21H2,1-2,4H3,(H,28,29)(H,30,31)(H4,22,23,24,25,26). The van der Waals surface area contributed by atoms with Crippen LogP contribution in [-0.2, 0) is 18.2 Å². The summed E-state index contributed by atoms with van der Waals surface area (Å²) in [5, 5.41) is 16.0. The van der Waals surface area contributed by atoms with Crippen LogP contribution < -0.4 is 22.1 Å². The quantitative estimate of drug-likeness (QED) is 0.0436. The first kappa shape index (κ1) is 33.7. The number of rotatable bonds is 18. The molecule has 0 bridgehead atoms. The highest BCUT2D eigenvalue weighted by atomic mass is 31.1. The van der Waals surface area contributed by atoms with Crippen molar-refractivity contribution >= 4 is 28.4 Å². The van der Waals surface area contributed by atoms with Gasteiger partial charge in [0.05, 0.1) is 0 Å². The average Bonchev–Trinajstić information content (AvgIpc) is 2.77. The summed E-state index contributed by atoms with van der Waals surface area (Å²) in [7, 11) is -7.23. The summed E-state index contributed by atoms with van der Waals surface area (Å²) in [6, 6.07) is 0. The Balaban J connectivity index is 5.16. The third kappa shape index (κ3) is 15.4. The van der Waals surface area contributed by atoms with E-state index in [1.165, 1.54) is 0 Å². The Kier molecular flexibility index (Phi) is 17.4. The van der Waals surface area contributed by atoms with E-state index in [9.17, 15) is 14.2 Å². The summed E-state index contributed by atoms with van der Waals surface area (Å²) < 4.78 is 30.5. The first-order valence-electron chi connectivity index (χ1n) is 11.8. The molecule has 0 amide bonds. The highest BCUT2D eigenvalue weighted by Gasteiger charge is 2.33. The van der Waals surface area contributed by atoms with Crippen LogP contribution in [0, 0.1) is 5.41 Å². The molecule has 13 nitrogen and oxygen atoms in total. The zero-order chi connectivity index (χ0) is 26.9. The molecule has 9 N–H and O–H groups in total. The van der Waals surface area contributed by atoms with Gasteiger partial charge in [-0.2, -0.15) is 4.99 Å². The van der Waals surface area contributed by atoms with Crippen LogP contribution in [0.2, 0.25) is 0 Å². The fourth-order valence-corrected chi connectivity index (χ4v) is 3.84. The van der Waals surface area contributed by atoms with Gasteiger partial charge in [-0.3, -0.25) is 18.2 Å². The van der Waals surface area contributed by atoms with Gasteiger partial charge in [-0.05, 0) is 38.6 Å². The molecular formula is C20H44N6O7P2. The second-order valence-corrected chi connectivity index (χ2v) is 9.73. The molecule has 0 saturated carbocycles. The third-order valence-electron chi connectivity index (χ3n) is 5.61. The number of hydrogen-bond acceptors (Lipinski definition) is 7. The summed E-state index contributed by atoms with van der Waals surface area (Å²) in [4.78, 5) is 26.6. The Morgan fingerprint density at radius 2 is 1.51 bits per heavy atom. The first-order chi connectivity index (χ1) is 16.4. The van der Waals surface area contributed by atoms with E-state index in [0.29, 0.717) is 24.7 Å². The van der Waals surface area contributed by atoms with Gasteiger partial charge in [0.2, 0.25) is 5.96 Å². The van der Waals surface area contributed by atoms with Crippen molar-refractivity contribution in [1.29, 1.82) is 0 Å². The molecule has 2 unspecified atom stereocenters. The molecule has 2 atom stereocenters. The van der Waals surface area contributed by atoms with Crippen molar-refractivity contribution in [2.24, 2.45) is 26.9 Å². The van der Waals surface area contributed by atoms with Crippen molar-refractivity contribution in [3.8, 4) is 0 Å². The van der Waals surface area contributed by atoms with Gasteiger partial charge < -0.3 is 37.0 Å². The monoisotopic (exact) mass is 542 g/mol. The normalized spacial score (nSPS) is 16.4. The fourth-order valence-electron chi connectivity index (χ4n) is 2.93. The van der Waals surface area contributed by atoms with Crippen LogP contribution in [0.4, 0.5) is 0 Å². The molecule has 0 fully saturated rings. The summed E-state index contributed by atoms with van der Waals surface area (Å²) in [6.07, 6.45) is 5.42. The van der Waals surface area contributed by atoms with Gasteiger partial charge in [0.15, 0.2) is 5.96 Å². The Morgan fingerprint density at radius 1 is 0.971 bits per heavy atom. The highest BCUT2D eigenvalue weighted by Crippen LogP contribution is 2.35. The fraction of sp³-hybridized carbons (Fsp3) is 0.800. The number of nitrogens with one attached hydrogen (secondary N) is 2. The molecule has 0 aromatic heterocycles. The van der Waals surface area contributed by atoms with Crippen LogP contribution in [0.1, 0.15) is 72.1 Å². The van der Waals surface area contributed by atoms with E-state index in [-0.39, 0.29) is 30.8 Å². The second kappa shape index (κ2) is 18.0. The maximum atomic E-state index is 10.9. The molecule has 0 radical (unpaired) electrons. The molecule has 0 aliphatic heterocycles. The molecular weight excluding hydrogens is 498 g/mol. The topological polar surface area (TPSA) is 214 Å². The molecule has 15 heteroatoms. The average molecular weight is 543 g/mol. The minimum atomic E-state index is -3.61.